The maximum atomic E-state index is 12.0. The summed E-state index contributed by atoms with van der Waals surface area (Å²) in [4.78, 5) is 11.2. The number of amidine groups is 1. The minimum Gasteiger partial charge on any atom is -0.449 e. The van der Waals surface area contributed by atoms with Crippen molar-refractivity contribution in [2.24, 2.45) is 11.7 Å². The minimum atomic E-state index is -3.98. The van der Waals surface area contributed by atoms with Crippen molar-refractivity contribution in [2.45, 2.75) is 27.2 Å². The van der Waals surface area contributed by atoms with Crippen molar-refractivity contribution >= 4 is 22.1 Å². The molecule has 0 spiro atoms. The molecule has 0 aliphatic carbocycles. The molecule has 0 bridgehead atoms. The Balaban J connectivity index is 4.79. The lowest BCUT2D eigenvalue weighted by atomic mass is 10.2. The van der Waals surface area contributed by atoms with Crippen molar-refractivity contribution in [2.75, 3.05) is 19.7 Å². The van der Waals surface area contributed by atoms with Gasteiger partial charge in [-0.2, -0.15) is 12.7 Å². The van der Waals surface area contributed by atoms with Crippen LogP contribution in [0.2, 0.25) is 0 Å². The topological polar surface area (TPSA) is 126 Å². The van der Waals surface area contributed by atoms with Crippen LogP contribution < -0.4 is 10.5 Å². The Kier molecular flexibility index (Phi) is 7.38. The molecule has 0 aromatic heterocycles. The van der Waals surface area contributed by atoms with E-state index in [4.69, 9.17) is 11.1 Å². The third-order valence-electron chi connectivity index (χ3n) is 2.03. The zero-order valence-corrected chi connectivity index (χ0v) is 12.3. The Labute approximate surface area is 114 Å². The number of nitrogens with two attached hydrogens (primary N) is 1. The zero-order valence-electron chi connectivity index (χ0n) is 11.5. The van der Waals surface area contributed by atoms with Crippen molar-refractivity contribution in [3.8, 4) is 0 Å². The fourth-order valence-corrected chi connectivity index (χ4v) is 2.52. The maximum Gasteiger partial charge on any atom is 0.421 e. The second-order valence-electron chi connectivity index (χ2n) is 4.35. The van der Waals surface area contributed by atoms with E-state index in [2.05, 4.69) is 4.74 Å². The van der Waals surface area contributed by atoms with Gasteiger partial charge in [-0.15, -0.1) is 0 Å². The average Bonchev–Trinajstić information content (AvgIpc) is 2.22. The Hall–Kier alpha value is -1.35. The van der Waals surface area contributed by atoms with Gasteiger partial charge >= 0.3 is 16.3 Å². The van der Waals surface area contributed by atoms with Crippen LogP contribution in [0.4, 0.5) is 4.79 Å². The molecule has 0 aromatic rings. The Bertz CT molecular complexity index is 408. The van der Waals surface area contributed by atoms with Gasteiger partial charge in [0.1, 0.15) is 0 Å². The van der Waals surface area contributed by atoms with Gasteiger partial charge in [0, 0.05) is 19.5 Å². The van der Waals surface area contributed by atoms with Crippen molar-refractivity contribution < 1.29 is 17.9 Å². The van der Waals surface area contributed by atoms with Crippen LogP contribution in [-0.4, -0.2) is 44.3 Å². The highest BCUT2D eigenvalue weighted by molar-refractivity contribution is 7.87. The highest BCUT2D eigenvalue weighted by Gasteiger charge is 2.25. The first-order chi connectivity index (χ1) is 8.69. The van der Waals surface area contributed by atoms with E-state index in [1.165, 1.54) is 0 Å². The lowest BCUT2D eigenvalue weighted by molar-refractivity contribution is 0.158. The normalized spacial score (nSPS) is 11.6. The highest BCUT2D eigenvalue weighted by Crippen LogP contribution is 2.05. The Morgan fingerprint density at radius 2 is 2.05 bits per heavy atom. The molecule has 8 nitrogen and oxygen atoms in total. The monoisotopic (exact) mass is 294 g/mol. The van der Waals surface area contributed by atoms with Gasteiger partial charge < -0.3 is 10.5 Å². The van der Waals surface area contributed by atoms with E-state index in [-0.39, 0.29) is 37.9 Å². The third-order valence-corrected chi connectivity index (χ3v) is 3.46. The summed E-state index contributed by atoms with van der Waals surface area (Å²) < 4.78 is 31.4. The average molecular weight is 294 g/mol. The summed E-state index contributed by atoms with van der Waals surface area (Å²) in [6, 6.07) is 0. The van der Waals surface area contributed by atoms with Crippen molar-refractivity contribution in [3.63, 3.8) is 0 Å². The van der Waals surface area contributed by atoms with Crippen LogP contribution in [0.5, 0.6) is 0 Å². The summed E-state index contributed by atoms with van der Waals surface area (Å²) in [5, 5.41) is 7.13. The van der Waals surface area contributed by atoms with Crippen molar-refractivity contribution in [1.29, 1.82) is 5.41 Å². The lowest BCUT2D eigenvalue weighted by Crippen LogP contribution is -2.46. The molecule has 1 amide bonds. The van der Waals surface area contributed by atoms with Gasteiger partial charge in [0.15, 0.2) is 0 Å². The molecular weight excluding hydrogens is 272 g/mol. The van der Waals surface area contributed by atoms with Gasteiger partial charge in [-0.05, 0) is 12.8 Å². The van der Waals surface area contributed by atoms with E-state index >= 15 is 0 Å². The predicted octanol–water partition coefficient (Wildman–Crippen LogP) is 0.261. The SMILES string of the molecule is CCOC(=O)NS(=O)(=O)N(CCC(=N)N)CC(C)C. The standard InChI is InChI=1S/C10H22N4O4S/c1-4-18-10(15)13-19(16,17)14(7-8(2)3)6-5-9(11)12/h8H,4-7H2,1-3H3,(H3,11,12)(H,13,15). The molecule has 112 valence electrons. The number of nitrogens with one attached hydrogen (secondary N) is 2. The molecular formula is C10H22N4O4S. The second kappa shape index (κ2) is 7.95. The summed E-state index contributed by atoms with van der Waals surface area (Å²) in [5.74, 6) is -0.0363. The summed E-state index contributed by atoms with van der Waals surface area (Å²) in [6.07, 6.45) is -0.907. The fraction of sp³-hybridized carbons (Fsp3) is 0.800. The lowest BCUT2D eigenvalue weighted by Gasteiger charge is -2.23. The third kappa shape index (κ3) is 7.62. The Morgan fingerprint density at radius 1 is 1.47 bits per heavy atom. The maximum absolute atomic E-state index is 12.0. The van der Waals surface area contributed by atoms with Crippen molar-refractivity contribution in [1.82, 2.24) is 9.03 Å². The summed E-state index contributed by atoms with van der Waals surface area (Å²) in [5.41, 5.74) is 5.21. The molecule has 0 unspecified atom stereocenters. The molecule has 9 heteroatoms. The Morgan fingerprint density at radius 3 is 2.47 bits per heavy atom. The van der Waals surface area contributed by atoms with Crippen LogP contribution in [0.3, 0.4) is 0 Å². The largest absolute Gasteiger partial charge is 0.449 e. The molecule has 0 saturated heterocycles. The van der Waals surface area contributed by atoms with E-state index in [1.807, 2.05) is 18.6 Å². The first kappa shape index (κ1) is 17.6. The summed E-state index contributed by atoms with van der Waals surface area (Å²) in [6.45, 7) is 5.62. The molecule has 0 aromatic carbocycles. The molecule has 0 aliphatic heterocycles. The van der Waals surface area contributed by atoms with Crippen molar-refractivity contribution in [3.05, 3.63) is 0 Å². The van der Waals surface area contributed by atoms with Crippen LogP contribution in [0.1, 0.15) is 27.2 Å². The summed E-state index contributed by atoms with van der Waals surface area (Å²) in [7, 11) is -3.98. The van der Waals surface area contributed by atoms with E-state index in [9.17, 15) is 13.2 Å². The van der Waals surface area contributed by atoms with E-state index in [0.717, 1.165) is 4.31 Å². The molecule has 0 saturated carbocycles. The quantitative estimate of drug-likeness (QED) is 0.437. The molecule has 0 aliphatic rings. The molecule has 0 atom stereocenters. The molecule has 0 heterocycles. The van der Waals surface area contributed by atoms with Gasteiger partial charge in [0.05, 0.1) is 12.4 Å². The number of amides is 1. The fourth-order valence-electron chi connectivity index (χ4n) is 1.29. The van der Waals surface area contributed by atoms with Crippen LogP contribution in [0.25, 0.3) is 0 Å². The van der Waals surface area contributed by atoms with Gasteiger partial charge in [0.25, 0.3) is 0 Å². The molecule has 0 radical (unpaired) electrons. The first-order valence-corrected chi connectivity index (χ1v) is 7.40. The predicted molar refractivity (Wildman–Crippen MR) is 72.0 cm³/mol. The molecule has 0 rings (SSSR count). The van der Waals surface area contributed by atoms with Crippen LogP contribution in [-0.2, 0) is 14.9 Å². The number of carbonyl (C=O) groups excluding carboxylic acids is 1. The van der Waals surface area contributed by atoms with Gasteiger partial charge in [-0.25, -0.2) is 9.52 Å². The number of ether oxygens (including phenoxy) is 1. The van der Waals surface area contributed by atoms with Gasteiger partial charge in [0.2, 0.25) is 0 Å². The van der Waals surface area contributed by atoms with E-state index in [1.54, 1.807) is 6.92 Å². The number of rotatable bonds is 8. The summed E-state index contributed by atoms with van der Waals surface area (Å²) >= 11 is 0. The molecule has 19 heavy (non-hydrogen) atoms. The van der Waals surface area contributed by atoms with E-state index < -0.39 is 16.3 Å². The second-order valence-corrected chi connectivity index (χ2v) is 6.03. The number of nitrogens with zero attached hydrogens (tertiary/aromatic N) is 1. The van der Waals surface area contributed by atoms with Crippen LogP contribution in [0.15, 0.2) is 0 Å². The first-order valence-electron chi connectivity index (χ1n) is 5.96. The van der Waals surface area contributed by atoms with E-state index in [0.29, 0.717) is 0 Å². The smallest absolute Gasteiger partial charge is 0.421 e. The minimum absolute atomic E-state index is 0.0439. The van der Waals surface area contributed by atoms with Crippen LogP contribution in [0, 0.1) is 11.3 Å². The number of carbonyl (C=O) groups is 1. The number of hydrogen-bond donors (Lipinski definition) is 3. The highest BCUT2D eigenvalue weighted by atomic mass is 32.2. The molecule has 4 N–H and O–H groups in total. The zero-order chi connectivity index (χ0) is 15.1. The van der Waals surface area contributed by atoms with Gasteiger partial charge in [-0.1, -0.05) is 13.8 Å². The van der Waals surface area contributed by atoms with Gasteiger partial charge in [-0.3, -0.25) is 5.41 Å². The van der Waals surface area contributed by atoms with Crippen LogP contribution >= 0.6 is 0 Å². The number of hydrogen-bond acceptors (Lipinski definition) is 5. The molecule has 0 fully saturated rings.